The average molecular weight is 523 g/mol. The van der Waals surface area contributed by atoms with Gasteiger partial charge in [0.05, 0.1) is 12.1 Å². The fraction of sp³-hybridized carbons (Fsp3) is 0.448. The van der Waals surface area contributed by atoms with Gasteiger partial charge in [0.25, 0.3) is 0 Å². The molecule has 202 valence electrons. The molecule has 2 aliphatic heterocycles. The summed E-state index contributed by atoms with van der Waals surface area (Å²) in [6.07, 6.45) is 4.35. The number of nitrogens with zero attached hydrogens (tertiary/aromatic N) is 1. The van der Waals surface area contributed by atoms with Gasteiger partial charge in [-0.1, -0.05) is 42.5 Å². The standard InChI is InChI=1S/C29H35FN4O4/c30-22-12-10-21(11-13-22)17-26(29(38)34-15-5-8-24(34)19-35)33-27(36)18-23(16-20-6-2-1-3-7-20)32-28(37)25-9-4-14-31-25/h1-3,6-7,10-13,19,23-26,31H,4-5,8-9,14-18H2,(H,32,37)(H,33,36). The molecule has 2 fully saturated rings. The molecule has 2 saturated heterocycles. The molecule has 0 spiro atoms. The predicted molar refractivity (Wildman–Crippen MR) is 141 cm³/mol. The molecular formula is C29H35FN4O4. The van der Waals surface area contributed by atoms with E-state index in [2.05, 4.69) is 16.0 Å². The fourth-order valence-electron chi connectivity index (χ4n) is 5.22. The number of nitrogens with one attached hydrogen (secondary N) is 3. The number of benzene rings is 2. The third kappa shape index (κ3) is 7.47. The van der Waals surface area contributed by atoms with E-state index in [9.17, 15) is 23.6 Å². The molecular weight excluding hydrogens is 487 g/mol. The first kappa shape index (κ1) is 27.4. The number of likely N-dealkylation sites (tertiary alicyclic amines) is 1. The van der Waals surface area contributed by atoms with Crippen molar-refractivity contribution < 1.29 is 23.6 Å². The van der Waals surface area contributed by atoms with E-state index in [-0.39, 0.29) is 36.6 Å². The molecule has 4 rings (SSSR count). The first-order valence-electron chi connectivity index (χ1n) is 13.3. The molecule has 9 heteroatoms. The van der Waals surface area contributed by atoms with E-state index in [1.807, 2.05) is 30.3 Å². The number of amides is 3. The third-order valence-corrected chi connectivity index (χ3v) is 7.21. The van der Waals surface area contributed by atoms with Crippen LogP contribution >= 0.6 is 0 Å². The molecule has 2 aromatic rings. The largest absolute Gasteiger partial charge is 0.351 e. The van der Waals surface area contributed by atoms with Gasteiger partial charge >= 0.3 is 0 Å². The Morgan fingerprint density at radius 2 is 1.71 bits per heavy atom. The number of hydrogen-bond acceptors (Lipinski definition) is 5. The minimum Gasteiger partial charge on any atom is -0.351 e. The van der Waals surface area contributed by atoms with Crippen LogP contribution in [0.2, 0.25) is 0 Å². The monoisotopic (exact) mass is 522 g/mol. The van der Waals surface area contributed by atoms with Gasteiger partial charge in [-0.05, 0) is 61.9 Å². The molecule has 38 heavy (non-hydrogen) atoms. The van der Waals surface area contributed by atoms with Gasteiger partial charge < -0.3 is 25.6 Å². The van der Waals surface area contributed by atoms with Crippen LogP contribution in [0.4, 0.5) is 4.39 Å². The summed E-state index contributed by atoms with van der Waals surface area (Å²) in [5.74, 6) is -1.25. The zero-order valence-electron chi connectivity index (χ0n) is 21.4. The van der Waals surface area contributed by atoms with Gasteiger partial charge in [-0.3, -0.25) is 14.4 Å². The van der Waals surface area contributed by atoms with E-state index in [1.165, 1.54) is 17.0 Å². The van der Waals surface area contributed by atoms with E-state index in [0.29, 0.717) is 31.4 Å². The van der Waals surface area contributed by atoms with E-state index >= 15 is 0 Å². The first-order valence-corrected chi connectivity index (χ1v) is 13.3. The van der Waals surface area contributed by atoms with Crippen molar-refractivity contribution in [2.24, 2.45) is 0 Å². The Morgan fingerprint density at radius 1 is 0.974 bits per heavy atom. The molecule has 3 amide bonds. The van der Waals surface area contributed by atoms with Crippen molar-refractivity contribution in [1.29, 1.82) is 0 Å². The summed E-state index contributed by atoms with van der Waals surface area (Å²) in [6.45, 7) is 1.23. The molecule has 4 atom stereocenters. The second-order valence-corrected chi connectivity index (χ2v) is 10.1. The maximum Gasteiger partial charge on any atom is 0.246 e. The van der Waals surface area contributed by atoms with Crippen LogP contribution in [-0.4, -0.2) is 66.2 Å². The van der Waals surface area contributed by atoms with Crippen molar-refractivity contribution in [2.75, 3.05) is 13.1 Å². The Bertz CT molecular complexity index is 1110. The van der Waals surface area contributed by atoms with E-state index in [1.54, 1.807) is 12.1 Å². The number of halogens is 1. The van der Waals surface area contributed by atoms with Crippen molar-refractivity contribution in [3.8, 4) is 0 Å². The maximum absolute atomic E-state index is 13.5. The van der Waals surface area contributed by atoms with E-state index < -0.39 is 23.9 Å². The highest BCUT2D eigenvalue weighted by atomic mass is 19.1. The van der Waals surface area contributed by atoms with Crippen LogP contribution in [0, 0.1) is 5.82 Å². The second-order valence-electron chi connectivity index (χ2n) is 10.1. The van der Waals surface area contributed by atoms with Crippen molar-refractivity contribution in [1.82, 2.24) is 20.9 Å². The second kappa shape index (κ2) is 13.3. The van der Waals surface area contributed by atoms with E-state index in [0.717, 1.165) is 31.2 Å². The summed E-state index contributed by atoms with van der Waals surface area (Å²) in [7, 11) is 0. The van der Waals surface area contributed by atoms with Crippen LogP contribution in [-0.2, 0) is 32.0 Å². The topological polar surface area (TPSA) is 108 Å². The van der Waals surface area contributed by atoms with Gasteiger partial charge in [0.1, 0.15) is 18.1 Å². The SMILES string of the molecule is O=CC1CCCN1C(=O)C(Cc1ccc(F)cc1)NC(=O)CC(Cc1ccccc1)NC(=O)C1CCCN1. The van der Waals surface area contributed by atoms with Gasteiger partial charge in [0.2, 0.25) is 17.7 Å². The number of hydrogen-bond donors (Lipinski definition) is 3. The lowest BCUT2D eigenvalue weighted by Crippen LogP contribution is -2.53. The van der Waals surface area contributed by atoms with Gasteiger partial charge in [0, 0.05) is 25.4 Å². The average Bonchev–Trinajstić information content (AvgIpc) is 3.62. The smallest absolute Gasteiger partial charge is 0.246 e. The molecule has 3 N–H and O–H groups in total. The molecule has 0 saturated carbocycles. The Morgan fingerprint density at radius 3 is 2.39 bits per heavy atom. The molecule has 8 nitrogen and oxygen atoms in total. The highest BCUT2D eigenvalue weighted by Gasteiger charge is 2.34. The Labute approximate surface area is 222 Å². The van der Waals surface area contributed by atoms with Crippen LogP contribution in [0.5, 0.6) is 0 Å². The highest BCUT2D eigenvalue weighted by Crippen LogP contribution is 2.18. The molecule has 4 unspecified atom stereocenters. The lowest BCUT2D eigenvalue weighted by Gasteiger charge is -2.28. The summed E-state index contributed by atoms with van der Waals surface area (Å²) in [6, 6.07) is 13.2. The van der Waals surface area contributed by atoms with Gasteiger partial charge in [-0.25, -0.2) is 4.39 Å². The van der Waals surface area contributed by atoms with Crippen molar-refractivity contribution in [3.05, 3.63) is 71.5 Å². The quantitative estimate of drug-likeness (QED) is 0.391. The van der Waals surface area contributed by atoms with Crippen molar-refractivity contribution in [3.63, 3.8) is 0 Å². The predicted octanol–water partition coefficient (Wildman–Crippen LogP) is 1.91. The highest BCUT2D eigenvalue weighted by molar-refractivity contribution is 5.90. The number of carbonyl (C=O) groups excluding carboxylic acids is 4. The zero-order chi connectivity index (χ0) is 26.9. The summed E-state index contributed by atoms with van der Waals surface area (Å²) >= 11 is 0. The molecule has 2 aromatic carbocycles. The summed E-state index contributed by atoms with van der Waals surface area (Å²) in [5.41, 5.74) is 1.67. The van der Waals surface area contributed by atoms with Crippen LogP contribution in [0.15, 0.2) is 54.6 Å². The van der Waals surface area contributed by atoms with Crippen LogP contribution in [0.3, 0.4) is 0 Å². The normalized spacial score (nSPS) is 20.5. The maximum atomic E-state index is 13.5. The van der Waals surface area contributed by atoms with Gasteiger partial charge in [-0.2, -0.15) is 0 Å². The molecule has 0 bridgehead atoms. The molecule has 2 heterocycles. The van der Waals surface area contributed by atoms with Crippen molar-refractivity contribution in [2.45, 2.75) is 69.1 Å². The third-order valence-electron chi connectivity index (χ3n) is 7.21. The number of carbonyl (C=O) groups is 4. The lowest BCUT2D eigenvalue weighted by atomic mass is 10.0. The number of aldehydes is 1. The zero-order valence-corrected chi connectivity index (χ0v) is 21.4. The van der Waals surface area contributed by atoms with Gasteiger partial charge in [0.15, 0.2) is 0 Å². The van der Waals surface area contributed by atoms with Crippen LogP contribution in [0.25, 0.3) is 0 Å². The molecule has 0 radical (unpaired) electrons. The Kier molecular flexibility index (Phi) is 9.59. The van der Waals surface area contributed by atoms with Crippen LogP contribution in [0.1, 0.15) is 43.2 Å². The fourth-order valence-corrected chi connectivity index (χ4v) is 5.22. The summed E-state index contributed by atoms with van der Waals surface area (Å²) in [4.78, 5) is 52.6. The minimum atomic E-state index is -0.918. The van der Waals surface area contributed by atoms with Crippen molar-refractivity contribution >= 4 is 24.0 Å². The Balaban J connectivity index is 1.48. The number of rotatable bonds is 11. The lowest BCUT2D eigenvalue weighted by molar-refractivity contribution is -0.138. The van der Waals surface area contributed by atoms with Crippen LogP contribution < -0.4 is 16.0 Å². The summed E-state index contributed by atoms with van der Waals surface area (Å²) < 4.78 is 13.5. The first-order chi connectivity index (χ1) is 18.4. The summed E-state index contributed by atoms with van der Waals surface area (Å²) in [5, 5.41) is 9.06. The Hall–Kier alpha value is -3.59. The molecule has 2 aliphatic rings. The van der Waals surface area contributed by atoms with E-state index in [4.69, 9.17) is 0 Å². The molecule has 0 aliphatic carbocycles. The molecule has 0 aromatic heterocycles. The minimum absolute atomic E-state index is 0.0162. The van der Waals surface area contributed by atoms with Gasteiger partial charge in [-0.15, -0.1) is 0 Å².